The minimum Gasteiger partial charge on any atom is -0.395 e. The molecule has 1 aliphatic rings. The molecule has 1 unspecified atom stereocenters. The summed E-state index contributed by atoms with van der Waals surface area (Å²) in [5.74, 6) is -0.306. The molecule has 1 aromatic carbocycles. The van der Waals surface area contributed by atoms with Gasteiger partial charge in [-0.25, -0.2) is 4.39 Å². The number of likely N-dealkylation sites (tertiary alicyclic amines) is 1. The zero-order valence-electron chi connectivity index (χ0n) is 12.4. The molecule has 2 N–H and O–H groups in total. The molecule has 1 heterocycles. The molecule has 1 aliphatic heterocycles. The molecule has 1 aromatic rings. The Balaban J connectivity index is 1.75. The fourth-order valence-corrected chi connectivity index (χ4v) is 2.67. The van der Waals surface area contributed by atoms with Crippen LogP contribution < -0.4 is 5.32 Å². The van der Waals surface area contributed by atoms with E-state index in [4.69, 9.17) is 5.11 Å². The van der Waals surface area contributed by atoms with E-state index >= 15 is 0 Å². The van der Waals surface area contributed by atoms with Gasteiger partial charge in [0.2, 0.25) is 5.91 Å². The van der Waals surface area contributed by atoms with Crippen molar-refractivity contribution in [2.45, 2.75) is 38.3 Å². The van der Waals surface area contributed by atoms with Crippen LogP contribution in [0.15, 0.2) is 24.3 Å². The molecule has 1 saturated heterocycles. The SMILES string of the molecule is CC(CO)N1CCC(NC(=O)Cc2ccc(F)cc2)CC1. The number of amides is 1. The van der Waals surface area contributed by atoms with Crippen molar-refractivity contribution in [3.63, 3.8) is 0 Å². The van der Waals surface area contributed by atoms with Crippen LogP contribution in [0.4, 0.5) is 4.39 Å². The molecule has 1 atom stereocenters. The van der Waals surface area contributed by atoms with Gasteiger partial charge in [0.25, 0.3) is 0 Å². The monoisotopic (exact) mass is 294 g/mol. The average Bonchev–Trinajstić information content (AvgIpc) is 2.49. The Kier molecular flexibility index (Phi) is 5.70. The van der Waals surface area contributed by atoms with E-state index in [1.807, 2.05) is 6.92 Å². The number of hydrogen-bond acceptors (Lipinski definition) is 3. The van der Waals surface area contributed by atoms with Gasteiger partial charge in [0.15, 0.2) is 0 Å². The van der Waals surface area contributed by atoms with Crippen molar-refractivity contribution < 1.29 is 14.3 Å². The van der Waals surface area contributed by atoms with E-state index in [1.165, 1.54) is 12.1 Å². The zero-order chi connectivity index (χ0) is 15.2. The molecule has 0 spiro atoms. The van der Waals surface area contributed by atoms with Gasteiger partial charge in [-0.1, -0.05) is 12.1 Å². The number of aliphatic hydroxyl groups excluding tert-OH is 1. The molecule has 1 fully saturated rings. The smallest absolute Gasteiger partial charge is 0.224 e. The van der Waals surface area contributed by atoms with Crippen LogP contribution >= 0.6 is 0 Å². The molecule has 0 aliphatic carbocycles. The Morgan fingerprint density at radius 1 is 1.38 bits per heavy atom. The van der Waals surface area contributed by atoms with Crippen molar-refractivity contribution in [2.24, 2.45) is 0 Å². The van der Waals surface area contributed by atoms with E-state index in [0.29, 0.717) is 0 Å². The minimum absolute atomic E-state index is 0.0183. The summed E-state index contributed by atoms with van der Waals surface area (Å²) in [6.07, 6.45) is 2.09. The van der Waals surface area contributed by atoms with E-state index in [1.54, 1.807) is 12.1 Å². The van der Waals surface area contributed by atoms with Gasteiger partial charge in [-0.3, -0.25) is 9.69 Å². The molecule has 0 saturated carbocycles. The molecule has 0 bridgehead atoms. The molecular formula is C16H23FN2O2. The fraction of sp³-hybridized carbons (Fsp3) is 0.562. The summed E-state index contributed by atoms with van der Waals surface area (Å²) in [5.41, 5.74) is 0.820. The first-order chi connectivity index (χ1) is 10.1. The van der Waals surface area contributed by atoms with Crippen molar-refractivity contribution in [1.82, 2.24) is 10.2 Å². The predicted octanol–water partition coefficient (Wildman–Crippen LogP) is 1.33. The quantitative estimate of drug-likeness (QED) is 0.861. The Bertz CT molecular complexity index is 456. The van der Waals surface area contributed by atoms with Crippen LogP contribution in [0.2, 0.25) is 0 Å². The second kappa shape index (κ2) is 7.52. The lowest BCUT2D eigenvalue weighted by Gasteiger charge is -2.35. The first kappa shape index (κ1) is 15.9. The summed E-state index contributed by atoms with van der Waals surface area (Å²) in [7, 11) is 0. The molecule has 5 heteroatoms. The first-order valence-electron chi connectivity index (χ1n) is 7.47. The second-order valence-electron chi connectivity index (χ2n) is 5.71. The number of aliphatic hydroxyl groups is 1. The number of carbonyl (C=O) groups excluding carboxylic acids is 1. The summed E-state index contributed by atoms with van der Waals surface area (Å²) in [5, 5.41) is 12.2. The van der Waals surface area contributed by atoms with Crippen LogP contribution in [0.25, 0.3) is 0 Å². The molecular weight excluding hydrogens is 271 g/mol. The van der Waals surface area contributed by atoms with E-state index in [9.17, 15) is 9.18 Å². The van der Waals surface area contributed by atoms with Gasteiger partial charge in [0.05, 0.1) is 13.0 Å². The summed E-state index contributed by atoms with van der Waals surface area (Å²) in [6.45, 7) is 3.96. The summed E-state index contributed by atoms with van der Waals surface area (Å²) < 4.78 is 12.8. The normalized spacial score (nSPS) is 18.4. The third-order valence-corrected chi connectivity index (χ3v) is 4.06. The number of nitrogens with zero attached hydrogens (tertiary/aromatic N) is 1. The second-order valence-corrected chi connectivity index (χ2v) is 5.71. The lowest BCUT2D eigenvalue weighted by Crippen LogP contribution is -2.48. The highest BCUT2D eigenvalue weighted by Crippen LogP contribution is 2.13. The van der Waals surface area contributed by atoms with Crippen LogP contribution in [0, 0.1) is 5.82 Å². The number of hydrogen-bond donors (Lipinski definition) is 2. The van der Waals surface area contributed by atoms with E-state index in [2.05, 4.69) is 10.2 Å². The number of nitrogens with one attached hydrogen (secondary N) is 1. The first-order valence-corrected chi connectivity index (χ1v) is 7.47. The molecule has 21 heavy (non-hydrogen) atoms. The maximum atomic E-state index is 12.8. The highest BCUT2D eigenvalue weighted by Gasteiger charge is 2.23. The summed E-state index contributed by atoms with van der Waals surface area (Å²) in [4.78, 5) is 14.2. The molecule has 1 amide bonds. The Morgan fingerprint density at radius 3 is 2.57 bits per heavy atom. The number of carbonyl (C=O) groups is 1. The van der Waals surface area contributed by atoms with Crippen molar-refractivity contribution in [1.29, 1.82) is 0 Å². The summed E-state index contributed by atoms with van der Waals surface area (Å²) in [6, 6.07) is 6.40. The Morgan fingerprint density at radius 2 is 2.00 bits per heavy atom. The van der Waals surface area contributed by atoms with Gasteiger partial charge in [-0.15, -0.1) is 0 Å². The van der Waals surface area contributed by atoms with Crippen LogP contribution in [0.3, 0.4) is 0 Å². The van der Waals surface area contributed by atoms with Crippen molar-refractivity contribution in [3.05, 3.63) is 35.6 Å². The van der Waals surface area contributed by atoms with Crippen molar-refractivity contribution >= 4 is 5.91 Å². The number of piperidine rings is 1. The van der Waals surface area contributed by atoms with E-state index in [-0.39, 0.29) is 36.8 Å². The maximum Gasteiger partial charge on any atom is 0.224 e. The third-order valence-electron chi connectivity index (χ3n) is 4.06. The largest absolute Gasteiger partial charge is 0.395 e. The molecule has 0 radical (unpaired) electrons. The standard InChI is InChI=1S/C16H23FN2O2/c1-12(11-20)19-8-6-15(7-9-19)18-16(21)10-13-2-4-14(17)5-3-13/h2-5,12,15,20H,6-11H2,1H3,(H,18,21). The predicted molar refractivity (Wildman–Crippen MR) is 79.4 cm³/mol. The number of halogens is 1. The van der Waals surface area contributed by atoms with Crippen molar-refractivity contribution in [2.75, 3.05) is 19.7 Å². The molecule has 0 aromatic heterocycles. The maximum absolute atomic E-state index is 12.8. The molecule has 2 rings (SSSR count). The van der Waals surface area contributed by atoms with Crippen molar-refractivity contribution in [3.8, 4) is 0 Å². The third kappa shape index (κ3) is 4.79. The Labute approximate surface area is 125 Å². The van der Waals surface area contributed by atoms with E-state index in [0.717, 1.165) is 31.5 Å². The minimum atomic E-state index is -0.287. The van der Waals surface area contributed by atoms with Crippen LogP contribution in [0.1, 0.15) is 25.3 Å². The fourth-order valence-electron chi connectivity index (χ4n) is 2.67. The zero-order valence-corrected chi connectivity index (χ0v) is 12.4. The topological polar surface area (TPSA) is 52.6 Å². The van der Waals surface area contributed by atoms with Gasteiger partial charge in [-0.05, 0) is 37.5 Å². The highest BCUT2D eigenvalue weighted by atomic mass is 19.1. The van der Waals surface area contributed by atoms with Gasteiger partial charge in [-0.2, -0.15) is 0 Å². The van der Waals surface area contributed by atoms with Gasteiger partial charge >= 0.3 is 0 Å². The number of rotatable bonds is 5. The Hall–Kier alpha value is -1.46. The summed E-state index contributed by atoms with van der Waals surface area (Å²) >= 11 is 0. The molecule has 4 nitrogen and oxygen atoms in total. The van der Waals surface area contributed by atoms with Crippen LogP contribution in [-0.2, 0) is 11.2 Å². The van der Waals surface area contributed by atoms with Crippen LogP contribution in [0.5, 0.6) is 0 Å². The lowest BCUT2D eigenvalue weighted by molar-refractivity contribution is -0.121. The van der Waals surface area contributed by atoms with Gasteiger partial charge < -0.3 is 10.4 Å². The van der Waals surface area contributed by atoms with Gasteiger partial charge in [0.1, 0.15) is 5.82 Å². The van der Waals surface area contributed by atoms with Crippen LogP contribution in [-0.4, -0.2) is 47.7 Å². The van der Waals surface area contributed by atoms with Gasteiger partial charge in [0, 0.05) is 25.2 Å². The van der Waals surface area contributed by atoms with E-state index < -0.39 is 0 Å². The molecule has 116 valence electrons. The average molecular weight is 294 g/mol. The highest BCUT2D eigenvalue weighted by molar-refractivity contribution is 5.78. The number of benzene rings is 1. The lowest BCUT2D eigenvalue weighted by atomic mass is 10.0.